The minimum absolute atomic E-state index is 0.165. The molecule has 1 aromatic heterocycles. The van der Waals surface area contributed by atoms with Crippen molar-refractivity contribution in [1.29, 1.82) is 5.26 Å². The molecule has 0 bridgehead atoms. The number of nitriles is 1. The van der Waals surface area contributed by atoms with Gasteiger partial charge in [-0.15, -0.1) is 0 Å². The summed E-state index contributed by atoms with van der Waals surface area (Å²) in [5.74, 6) is 7.53. The van der Waals surface area contributed by atoms with E-state index in [4.69, 9.17) is 10.00 Å². The Morgan fingerprint density at radius 2 is 1.65 bits per heavy atom. The minimum atomic E-state index is -4.61. The summed E-state index contributed by atoms with van der Waals surface area (Å²) in [4.78, 5) is 35.8. The molecule has 0 unspecified atom stereocenters. The van der Waals surface area contributed by atoms with Gasteiger partial charge in [0.25, 0.3) is 0 Å². The Bertz CT molecular complexity index is 1560. The first-order chi connectivity index (χ1) is 23.3. The van der Waals surface area contributed by atoms with E-state index in [-0.39, 0.29) is 17.9 Å². The van der Waals surface area contributed by atoms with Crippen molar-refractivity contribution in [1.82, 2.24) is 14.8 Å². The van der Waals surface area contributed by atoms with E-state index in [1.165, 1.54) is 12.1 Å². The smallest absolute Gasteiger partial charge is 0.417 e. The topological polar surface area (TPSA) is 102 Å². The van der Waals surface area contributed by atoms with Gasteiger partial charge in [-0.1, -0.05) is 11.8 Å². The number of nitrogens with zero attached hydrogens (tertiary/aromatic N) is 5. The van der Waals surface area contributed by atoms with E-state index in [0.29, 0.717) is 49.3 Å². The van der Waals surface area contributed by atoms with Gasteiger partial charge in [-0.05, 0) is 109 Å². The lowest BCUT2D eigenvalue weighted by molar-refractivity contribution is -0.137. The molecule has 9 nitrogen and oxygen atoms in total. The number of alkyl halides is 3. The normalized spacial score (nSPS) is 18.7. The van der Waals surface area contributed by atoms with Crippen molar-refractivity contribution in [2.24, 2.45) is 17.8 Å². The Balaban J connectivity index is 1.02. The van der Waals surface area contributed by atoms with Gasteiger partial charge in [-0.25, -0.2) is 9.78 Å². The molecular weight excluding hydrogens is 633 g/mol. The van der Waals surface area contributed by atoms with Gasteiger partial charge >= 0.3 is 12.3 Å². The fourth-order valence-corrected chi connectivity index (χ4v) is 6.67. The number of anilines is 2. The van der Waals surface area contributed by atoms with Gasteiger partial charge in [0, 0.05) is 62.0 Å². The van der Waals surface area contributed by atoms with Gasteiger partial charge in [0.2, 0.25) is 5.91 Å². The summed E-state index contributed by atoms with van der Waals surface area (Å²) >= 11 is 0. The highest BCUT2D eigenvalue weighted by Crippen LogP contribution is 2.35. The second-order valence-electron chi connectivity index (χ2n) is 14.3. The van der Waals surface area contributed by atoms with Crippen molar-refractivity contribution < 1.29 is 27.5 Å². The standard InChI is InChI=1S/C37H45F3N6O3/c1-36(2,3)49-35(48)46-18-12-28(13-19-46)25-44-16-10-26(11-17-44)4-5-27-6-9-33(42-24-27)43-34(47)29-14-20-45(21-15-29)31-8-7-30(23-41)32(22-31)37(38,39)40/h6-9,22,24,26,28-29H,10-21,25H2,1-3H3,(H,42,43,47). The minimum Gasteiger partial charge on any atom is -0.444 e. The highest BCUT2D eigenvalue weighted by atomic mass is 19.4. The van der Waals surface area contributed by atoms with Crippen LogP contribution in [-0.4, -0.2) is 78.2 Å². The highest BCUT2D eigenvalue weighted by molar-refractivity contribution is 5.91. The number of aromatic nitrogens is 1. The van der Waals surface area contributed by atoms with Gasteiger partial charge in [0.1, 0.15) is 11.4 Å². The van der Waals surface area contributed by atoms with Gasteiger partial charge in [-0.2, -0.15) is 18.4 Å². The average molecular weight is 679 g/mol. The molecule has 1 aromatic carbocycles. The molecular formula is C37H45F3N6O3. The van der Waals surface area contributed by atoms with Gasteiger partial charge in [0.15, 0.2) is 0 Å². The summed E-state index contributed by atoms with van der Waals surface area (Å²) < 4.78 is 45.7. The molecule has 0 atom stereocenters. The molecule has 2 aromatic rings. The molecule has 262 valence electrons. The zero-order valence-electron chi connectivity index (χ0n) is 28.5. The number of ether oxygens (including phenoxy) is 1. The first-order valence-corrected chi connectivity index (χ1v) is 17.1. The van der Waals surface area contributed by atoms with Crippen molar-refractivity contribution in [2.45, 2.75) is 71.1 Å². The second-order valence-corrected chi connectivity index (χ2v) is 14.3. The maximum absolute atomic E-state index is 13.4. The lowest BCUT2D eigenvalue weighted by Gasteiger charge is -2.37. The number of amides is 2. The molecule has 2 amide bonds. The van der Waals surface area contributed by atoms with Crippen LogP contribution in [0.25, 0.3) is 0 Å². The number of benzene rings is 1. The summed E-state index contributed by atoms with van der Waals surface area (Å²) in [6.07, 6.45) is 1.83. The SMILES string of the molecule is CC(C)(C)OC(=O)N1CCC(CN2CCC(C#Cc3ccc(NC(=O)C4CCN(c5ccc(C#N)c(C(F)(F)F)c5)CC4)nc3)CC2)CC1. The number of piperidine rings is 3. The quantitative estimate of drug-likeness (QED) is 0.359. The van der Waals surface area contributed by atoms with E-state index in [9.17, 15) is 22.8 Å². The number of carbonyl (C=O) groups is 2. The molecule has 3 aliphatic heterocycles. The maximum Gasteiger partial charge on any atom is 0.417 e. The van der Waals surface area contributed by atoms with Gasteiger partial charge < -0.3 is 24.8 Å². The molecule has 1 N–H and O–H groups in total. The van der Waals surface area contributed by atoms with E-state index in [1.807, 2.05) is 36.6 Å². The predicted molar refractivity (Wildman–Crippen MR) is 181 cm³/mol. The van der Waals surface area contributed by atoms with Crippen molar-refractivity contribution in [3.63, 3.8) is 0 Å². The number of likely N-dealkylation sites (tertiary alicyclic amines) is 2. The fourth-order valence-electron chi connectivity index (χ4n) is 6.67. The molecule has 0 aliphatic carbocycles. The first-order valence-electron chi connectivity index (χ1n) is 17.1. The first kappa shape index (κ1) is 36.0. The molecule has 3 fully saturated rings. The third-order valence-electron chi connectivity index (χ3n) is 9.47. The number of rotatable bonds is 5. The number of pyridine rings is 1. The van der Waals surface area contributed by atoms with Crippen LogP contribution in [0.1, 0.15) is 76.0 Å². The van der Waals surface area contributed by atoms with Crippen molar-refractivity contribution >= 4 is 23.5 Å². The van der Waals surface area contributed by atoms with Crippen LogP contribution < -0.4 is 10.2 Å². The Kier molecular flexibility index (Phi) is 11.4. The summed E-state index contributed by atoms with van der Waals surface area (Å²) in [7, 11) is 0. The number of nitrogens with one attached hydrogen (secondary N) is 1. The number of carbonyl (C=O) groups excluding carboxylic acids is 2. The molecule has 0 spiro atoms. The molecule has 0 saturated carbocycles. The van der Waals surface area contributed by atoms with Crippen LogP contribution in [0.3, 0.4) is 0 Å². The molecule has 0 radical (unpaired) electrons. The summed E-state index contributed by atoms with van der Waals surface area (Å²) in [5, 5.41) is 11.9. The maximum atomic E-state index is 13.4. The van der Waals surface area contributed by atoms with Crippen LogP contribution in [0.2, 0.25) is 0 Å². The molecule has 4 heterocycles. The third kappa shape index (κ3) is 10.1. The fraction of sp³-hybridized carbons (Fsp3) is 0.568. The van der Waals surface area contributed by atoms with E-state index in [2.05, 4.69) is 27.0 Å². The number of halogens is 3. The van der Waals surface area contributed by atoms with E-state index in [0.717, 1.165) is 70.0 Å². The van der Waals surface area contributed by atoms with Crippen molar-refractivity contribution in [3.8, 4) is 17.9 Å². The second kappa shape index (κ2) is 15.5. The summed E-state index contributed by atoms with van der Waals surface area (Å²) in [6.45, 7) is 11.1. The van der Waals surface area contributed by atoms with Crippen LogP contribution in [0.4, 0.5) is 29.5 Å². The average Bonchev–Trinajstić information content (AvgIpc) is 3.07. The number of hydrogen-bond donors (Lipinski definition) is 1. The Morgan fingerprint density at radius 3 is 2.24 bits per heavy atom. The highest BCUT2D eigenvalue weighted by Gasteiger charge is 2.35. The summed E-state index contributed by atoms with van der Waals surface area (Å²) in [6, 6.07) is 8.92. The Hall–Kier alpha value is -4.29. The largest absolute Gasteiger partial charge is 0.444 e. The molecule has 3 saturated heterocycles. The molecule has 12 heteroatoms. The van der Waals surface area contributed by atoms with E-state index >= 15 is 0 Å². The molecule has 3 aliphatic rings. The van der Waals surface area contributed by atoms with Crippen LogP contribution in [0, 0.1) is 40.9 Å². The summed E-state index contributed by atoms with van der Waals surface area (Å²) in [5.41, 5.74) is -0.649. The number of hydrogen-bond acceptors (Lipinski definition) is 7. The Morgan fingerprint density at radius 1 is 0.959 bits per heavy atom. The molecule has 5 rings (SSSR count). The zero-order chi connectivity index (χ0) is 35.2. The zero-order valence-corrected chi connectivity index (χ0v) is 28.5. The third-order valence-corrected chi connectivity index (χ3v) is 9.47. The monoisotopic (exact) mass is 678 g/mol. The van der Waals surface area contributed by atoms with Crippen LogP contribution in [0.15, 0.2) is 36.5 Å². The van der Waals surface area contributed by atoms with Gasteiger partial charge in [0.05, 0.1) is 17.2 Å². The lowest BCUT2D eigenvalue weighted by atomic mass is 9.93. The Labute approximate surface area is 286 Å². The molecule has 49 heavy (non-hydrogen) atoms. The van der Waals surface area contributed by atoms with Crippen LogP contribution in [-0.2, 0) is 15.7 Å². The van der Waals surface area contributed by atoms with Crippen LogP contribution >= 0.6 is 0 Å². The van der Waals surface area contributed by atoms with Gasteiger partial charge in [-0.3, -0.25) is 4.79 Å². The predicted octanol–water partition coefficient (Wildman–Crippen LogP) is 6.54. The lowest BCUT2D eigenvalue weighted by Crippen LogP contribution is -2.44. The van der Waals surface area contributed by atoms with Crippen LogP contribution in [0.5, 0.6) is 0 Å². The van der Waals surface area contributed by atoms with Crippen molar-refractivity contribution in [3.05, 3.63) is 53.2 Å². The van der Waals surface area contributed by atoms with Crippen molar-refractivity contribution in [2.75, 3.05) is 56.0 Å². The van der Waals surface area contributed by atoms with E-state index < -0.39 is 22.9 Å². The van der Waals surface area contributed by atoms with E-state index in [1.54, 1.807) is 18.3 Å².